The monoisotopic (exact) mass is 276 g/mol. The summed E-state index contributed by atoms with van der Waals surface area (Å²) < 4.78 is 10.5. The van der Waals surface area contributed by atoms with Crippen LogP contribution in [-0.4, -0.2) is 12.2 Å². The van der Waals surface area contributed by atoms with Crippen LogP contribution in [0.3, 0.4) is 0 Å². The fraction of sp³-hybridized carbons (Fsp3) is 0.214. The van der Waals surface area contributed by atoms with Gasteiger partial charge in [0.25, 0.3) is 0 Å². The summed E-state index contributed by atoms with van der Waals surface area (Å²) in [6.07, 6.45) is 1.64. The third-order valence-corrected chi connectivity index (χ3v) is 2.87. The van der Waals surface area contributed by atoms with E-state index in [9.17, 15) is 0 Å². The smallest absolute Gasteiger partial charge is 0.171 e. The van der Waals surface area contributed by atoms with Crippen molar-refractivity contribution in [3.63, 3.8) is 0 Å². The topological polar surface area (TPSA) is 46.4 Å². The highest BCUT2D eigenvalue weighted by Crippen LogP contribution is 2.17. The molecule has 2 rings (SSSR count). The first-order chi connectivity index (χ1) is 9.19. The lowest BCUT2D eigenvalue weighted by atomic mass is 10.2. The van der Waals surface area contributed by atoms with Crippen molar-refractivity contribution in [2.45, 2.75) is 13.0 Å². The van der Waals surface area contributed by atoms with Crippen molar-refractivity contribution in [2.24, 2.45) is 0 Å². The average molecular weight is 276 g/mol. The quantitative estimate of drug-likeness (QED) is 0.839. The maximum atomic E-state index is 5.31. The molecule has 19 heavy (non-hydrogen) atoms. The highest BCUT2D eigenvalue weighted by Gasteiger charge is 2.09. The molecule has 1 aromatic heterocycles. The molecule has 100 valence electrons. The molecule has 0 aliphatic carbocycles. The maximum Gasteiger partial charge on any atom is 0.171 e. The molecule has 0 radical (unpaired) electrons. The van der Waals surface area contributed by atoms with Crippen LogP contribution in [0.2, 0.25) is 0 Å². The van der Waals surface area contributed by atoms with E-state index in [4.69, 9.17) is 21.4 Å². The fourth-order valence-corrected chi connectivity index (χ4v) is 1.97. The van der Waals surface area contributed by atoms with E-state index in [0.29, 0.717) is 5.11 Å². The van der Waals surface area contributed by atoms with Crippen LogP contribution < -0.4 is 15.4 Å². The molecule has 0 amide bonds. The number of methoxy groups -OCH3 is 1. The zero-order chi connectivity index (χ0) is 13.7. The number of ether oxygens (including phenoxy) is 1. The van der Waals surface area contributed by atoms with E-state index in [2.05, 4.69) is 10.6 Å². The largest absolute Gasteiger partial charge is 0.497 e. The number of nitrogens with one attached hydrogen (secondary N) is 2. The number of rotatable bonds is 4. The predicted octanol–water partition coefficient (Wildman–Crippen LogP) is 3.34. The Kier molecular flexibility index (Phi) is 4.41. The Bertz CT molecular complexity index is 540. The van der Waals surface area contributed by atoms with Crippen LogP contribution in [0.25, 0.3) is 0 Å². The van der Waals surface area contributed by atoms with E-state index in [-0.39, 0.29) is 6.04 Å². The molecule has 1 atom stereocenters. The molecule has 5 heteroatoms. The van der Waals surface area contributed by atoms with Gasteiger partial charge in [0, 0.05) is 11.8 Å². The maximum absolute atomic E-state index is 5.31. The fourth-order valence-electron chi connectivity index (χ4n) is 1.67. The van der Waals surface area contributed by atoms with Crippen LogP contribution in [0.5, 0.6) is 5.75 Å². The Morgan fingerprint density at radius 3 is 2.84 bits per heavy atom. The molecule has 1 aromatic carbocycles. The first-order valence-electron chi connectivity index (χ1n) is 5.94. The predicted molar refractivity (Wildman–Crippen MR) is 79.5 cm³/mol. The van der Waals surface area contributed by atoms with E-state index in [1.807, 2.05) is 43.3 Å². The number of hydrogen-bond acceptors (Lipinski definition) is 3. The van der Waals surface area contributed by atoms with Crippen LogP contribution in [0, 0.1) is 0 Å². The van der Waals surface area contributed by atoms with Gasteiger partial charge in [0.15, 0.2) is 5.11 Å². The van der Waals surface area contributed by atoms with Gasteiger partial charge in [-0.25, -0.2) is 0 Å². The zero-order valence-corrected chi connectivity index (χ0v) is 11.7. The molecule has 0 spiro atoms. The lowest BCUT2D eigenvalue weighted by Gasteiger charge is -2.15. The Hall–Kier alpha value is -2.01. The summed E-state index contributed by atoms with van der Waals surface area (Å²) in [6.45, 7) is 1.98. The summed E-state index contributed by atoms with van der Waals surface area (Å²) >= 11 is 5.26. The van der Waals surface area contributed by atoms with Crippen LogP contribution >= 0.6 is 12.2 Å². The summed E-state index contributed by atoms with van der Waals surface area (Å²) in [7, 11) is 1.63. The van der Waals surface area contributed by atoms with E-state index in [1.165, 1.54) is 0 Å². The number of hydrogen-bond donors (Lipinski definition) is 2. The number of anilines is 1. The number of furan rings is 1. The lowest BCUT2D eigenvalue weighted by Crippen LogP contribution is -2.30. The molecule has 0 fully saturated rings. The van der Waals surface area contributed by atoms with Gasteiger partial charge in [0.05, 0.1) is 19.4 Å². The van der Waals surface area contributed by atoms with Crippen LogP contribution in [0.4, 0.5) is 5.69 Å². The molecule has 1 heterocycles. The Labute approximate surface area is 117 Å². The summed E-state index contributed by atoms with van der Waals surface area (Å²) in [6, 6.07) is 11.4. The molecule has 0 aliphatic heterocycles. The molecule has 4 nitrogen and oxygen atoms in total. The minimum Gasteiger partial charge on any atom is -0.497 e. The minimum absolute atomic E-state index is 0.0145. The van der Waals surface area contributed by atoms with Crippen LogP contribution in [-0.2, 0) is 0 Å². The van der Waals surface area contributed by atoms with Gasteiger partial charge in [-0.05, 0) is 43.4 Å². The molecule has 0 bridgehead atoms. The second-order valence-electron chi connectivity index (χ2n) is 4.07. The number of benzene rings is 1. The molecule has 2 aromatic rings. The van der Waals surface area contributed by atoms with E-state index >= 15 is 0 Å². The highest BCUT2D eigenvalue weighted by molar-refractivity contribution is 7.80. The first-order valence-corrected chi connectivity index (χ1v) is 6.35. The van der Waals surface area contributed by atoms with E-state index < -0.39 is 0 Å². The normalized spacial score (nSPS) is 11.7. The second-order valence-corrected chi connectivity index (χ2v) is 4.48. The standard InChI is InChI=1S/C14H16N2O2S/c1-10(13-7-4-8-18-13)15-14(19)16-11-5-3-6-12(9-11)17-2/h3-10H,1-2H3,(H2,15,16,19)/t10-/m0/s1. The number of thiocarbonyl (C=S) groups is 1. The van der Waals surface area contributed by atoms with Gasteiger partial charge in [0.2, 0.25) is 0 Å². The van der Waals surface area contributed by atoms with Crippen molar-refractivity contribution in [1.82, 2.24) is 5.32 Å². The minimum atomic E-state index is 0.0145. The molecular weight excluding hydrogens is 260 g/mol. The first kappa shape index (κ1) is 13.4. The summed E-state index contributed by atoms with van der Waals surface area (Å²) in [5.41, 5.74) is 0.878. The van der Waals surface area contributed by atoms with Gasteiger partial charge >= 0.3 is 0 Å². The SMILES string of the molecule is COc1cccc(NC(=S)N[C@@H](C)c2ccco2)c1. The Balaban J connectivity index is 1.93. The molecule has 0 saturated heterocycles. The van der Waals surface area contributed by atoms with E-state index in [0.717, 1.165) is 17.2 Å². The Morgan fingerprint density at radius 2 is 2.16 bits per heavy atom. The molecule has 0 saturated carbocycles. The third-order valence-electron chi connectivity index (χ3n) is 2.65. The summed E-state index contributed by atoms with van der Waals surface area (Å²) in [4.78, 5) is 0. The van der Waals surface area contributed by atoms with Crippen molar-refractivity contribution in [3.05, 3.63) is 48.4 Å². The van der Waals surface area contributed by atoms with Crippen molar-refractivity contribution in [3.8, 4) is 5.75 Å². The molecule has 0 aliphatic rings. The van der Waals surface area contributed by atoms with Gasteiger partial charge in [-0.15, -0.1) is 0 Å². The molecule has 0 unspecified atom stereocenters. The van der Waals surface area contributed by atoms with Crippen molar-refractivity contribution in [1.29, 1.82) is 0 Å². The molecular formula is C14H16N2O2S. The van der Waals surface area contributed by atoms with Gasteiger partial charge in [-0.3, -0.25) is 0 Å². The Morgan fingerprint density at radius 1 is 1.32 bits per heavy atom. The van der Waals surface area contributed by atoms with Crippen molar-refractivity contribution in [2.75, 3.05) is 12.4 Å². The molecule has 2 N–H and O–H groups in total. The summed E-state index contributed by atoms with van der Waals surface area (Å²) in [5, 5.41) is 6.80. The zero-order valence-electron chi connectivity index (χ0n) is 10.8. The third kappa shape index (κ3) is 3.72. The van der Waals surface area contributed by atoms with Gasteiger partial charge in [-0.2, -0.15) is 0 Å². The van der Waals surface area contributed by atoms with Crippen LogP contribution in [0.1, 0.15) is 18.7 Å². The van der Waals surface area contributed by atoms with E-state index in [1.54, 1.807) is 13.4 Å². The van der Waals surface area contributed by atoms with Gasteiger partial charge in [0.1, 0.15) is 11.5 Å². The second kappa shape index (κ2) is 6.24. The lowest BCUT2D eigenvalue weighted by molar-refractivity contribution is 0.415. The van der Waals surface area contributed by atoms with Gasteiger partial charge < -0.3 is 19.8 Å². The van der Waals surface area contributed by atoms with Crippen molar-refractivity contribution >= 4 is 23.0 Å². The summed E-state index contributed by atoms with van der Waals surface area (Å²) in [5.74, 6) is 1.63. The highest BCUT2D eigenvalue weighted by atomic mass is 32.1. The van der Waals surface area contributed by atoms with Crippen molar-refractivity contribution < 1.29 is 9.15 Å². The average Bonchev–Trinajstić information content (AvgIpc) is 2.92. The van der Waals surface area contributed by atoms with Crippen LogP contribution in [0.15, 0.2) is 47.1 Å². The van der Waals surface area contributed by atoms with Gasteiger partial charge in [-0.1, -0.05) is 6.07 Å².